The van der Waals surface area contributed by atoms with E-state index in [-0.39, 0.29) is 11.3 Å². The van der Waals surface area contributed by atoms with Crippen LogP contribution in [-0.2, 0) is 10.2 Å². The van der Waals surface area contributed by atoms with Gasteiger partial charge in [-0.3, -0.25) is 4.79 Å². The molecule has 0 radical (unpaired) electrons. The standard InChI is InChI=1S/C20H21ClN2O/c21-16-5-3-15(4-6-16)20(11-12-20)19(24)22-17-7-9-18(10-8-17)23-13-1-2-14-23/h3-10H,1-2,11-14H2,(H,22,24). The SMILES string of the molecule is O=C(Nc1ccc(N2CCCC2)cc1)C1(c2ccc(Cl)cc2)CC1. The minimum absolute atomic E-state index is 0.0822. The van der Waals surface area contributed by atoms with Gasteiger partial charge < -0.3 is 10.2 Å². The lowest BCUT2D eigenvalue weighted by atomic mass is 9.95. The van der Waals surface area contributed by atoms with E-state index in [1.807, 2.05) is 36.4 Å². The van der Waals surface area contributed by atoms with Crippen LogP contribution in [0.2, 0.25) is 5.02 Å². The fourth-order valence-electron chi connectivity index (χ4n) is 3.52. The monoisotopic (exact) mass is 340 g/mol. The van der Waals surface area contributed by atoms with E-state index in [9.17, 15) is 4.79 Å². The Hall–Kier alpha value is -2.00. The molecule has 2 aliphatic rings. The molecule has 1 aliphatic carbocycles. The van der Waals surface area contributed by atoms with Crippen molar-refractivity contribution in [2.45, 2.75) is 31.1 Å². The van der Waals surface area contributed by atoms with Gasteiger partial charge in [-0.2, -0.15) is 0 Å². The zero-order valence-electron chi connectivity index (χ0n) is 13.6. The number of benzene rings is 2. The Bertz CT molecular complexity index is 729. The summed E-state index contributed by atoms with van der Waals surface area (Å²) in [5.74, 6) is 0.0822. The van der Waals surface area contributed by atoms with E-state index in [0.717, 1.165) is 37.2 Å². The minimum Gasteiger partial charge on any atom is -0.372 e. The van der Waals surface area contributed by atoms with Crippen LogP contribution in [0, 0.1) is 0 Å². The van der Waals surface area contributed by atoms with Crippen molar-refractivity contribution >= 4 is 28.9 Å². The molecule has 0 spiro atoms. The Balaban J connectivity index is 1.46. The van der Waals surface area contributed by atoms with Crippen molar-refractivity contribution in [1.29, 1.82) is 0 Å². The number of hydrogen-bond acceptors (Lipinski definition) is 2. The Kier molecular flexibility index (Phi) is 3.97. The molecule has 2 aromatic rings. The van der Waals surface area contributed by atoms with Crippen molar-refractivity contribution in [2.75, 3.05) is 23.3 Å². The van der Waals surface area contributed by atoms with Crippen molar-refractivity contribution in [2.24, 2.45) is 0 Å². The second kappa shape index (κ2) is 6.14. The molecule has 0 bridgehead atoms. The zero-order valence-corrected chi connectivity index (χ0v) is 14.4. The molecule has 0 unspecified atom stereocenters. The Morgan fingerprint density at radius 2 is 1.58 bits per heavy atom. The molecule has 3 nitrogen and oxygen atoms in total. The summed E-state index contributed by atoms with van der Waals surface area (Å²) in [5.41, 5.74) is 2.78. The smallest absolute Gasteiger partial charge is 0.235 e. The lowest BCUT2D eigenvalue weighted by Crippen LogP contribution is -2.27. The fraction of sp³-hybridized carbons (Fsp3) is 0.350. The van der Waals surface area contributed by atoms with Gasteiger partial charge in [0.15, 0.2) is 0 Å². The first-order valence-electron chi connectivity index (χ1n) is 8.60. The van der Waals surface area contributed by atoms with Gasteiger partial charge in [-0.15, -0.1) is 0 Å². The third kappa shape index (κ3) is 2.89. The molecule has 4 heteroatoms. The van der Waals surface area contributed by atoms with E-state index >= 15 is 0 Å². The minimum atomic E-state index is -0.377. The Morgan fingerprint density at radius 1 is 0.958 bits per heavy atom. The van der Waals surface area contributed by atoms with Crippen molar-refractivity contribution in [3.8, 4) is 0 Å². The van der Waals surface area contributed by atoms with Crippen molar-refractivity contribution < 1.29 is 4.79 Å². The maximum absolute atomic E-state index is 12.8. The molecule has 1 amide bonds. The number of hydrogen-bond donors (Lipinski definition) is 1. The summed E-state index contributed by atoms with van der Waals surface area (Å²) in [6.07, 6.45) is 4.32. The zero-order chi connectivity index (χ0) is 16.6. The van der Waals surface area contributed by atoms with Gasteiger partial charge in [-0.05, 0) is 67.6 Å². The molecule has 1 aliphatic heterocycles. The quantitative estimate of drug-likeness (QED) is 0.881. The summed E-state index contributed by atoms with van der Waals surface area (Å²) in [4.78, 5) is 15.2. The molecule has 2 fully saturated rings. The van der Waals surface area contributed by atoms with Crippen molar-refractivity contribution in [3.63, 3.8) is 0 Å². The molecule has 1 heterocycles. The van der Waals surface area contributed by atoms with Crippen LogP contribution in [0.15, 0.2) is 48.5 Å². The second-order valence-electron chi connectivity index (χ2n) is 6.78. The summed E-state index contributed by atoms with van der Waals surface area (Å²) in [7, 11) is 0. The molecular weight excluding hydrogens is 320 g/mol. The maximum atomic E-state index is 12.8. The third-order valence-corrected chi connectivity index (χ3v) is 5.43. The predicted molar refractivity (Wildman–Crippen MR) is 98.9 cm³/mol. The summed E-state index contributed by atoms with van der Waals surface area (Å²) >= 11 is 5.96. The van der Waals surface area contributed by atoms with E-state index in [1.54, 1.807) is 0 Å². The highest BCUT2D eigenvalue weighted by molar-refractivity contribution is 6.30. The highest BCUT2D eigenvalue weighted by Crippen LogP contribution is 2.49. The van der Waals surface area contributed by atoms with E-state index in [0.29, 0.717) is 5.02 Å². The average molecular weight is 341 g/mol. The Labute approximate surface area is 147 Å². The number of nitrogens with one attached hydrogen (secondary N) is 1. The van der Waals surface area contributed by atoms with Gasteiger partial charge in [0.25, 0.3) is 0 Å². The number of amides is 1. The van der Waals surface area contributed by atoms with E-state index < -0.39 is 0 Å². The van der Waals surface area contributed by atoms with Crippen LogP contribution < -0.4 is 10.2 Å². The van der Waals surface area contributed by atoms with Gasteiger partial charge in [0.2, 0.25) is 5.91 Å². The molecule has 1 N–H and O–H groups in total. The van der Waals surface area contributed by atoms with Gasteiger partial charge in [0.05, 0.1) is 5.41 Å². The van der Waals surface area contributed by atoms with Gasteiger partial charge in [0.1, 0.15) is 0 Å². The lowest BCUT2D eigenvalue weighted by Gasteiger charge is -2.19. The highest BCUT2D eigenvalue weighted by atomic mass is 35.5. The number of nitrogens with zero attached hydrogens (tertiary/aromatic N) is 1. The molecule has 0 atom stereocenters. The normalized spacial score (nSPS) is 18.5. The first-order chi connectivity index (χ1) is 11.7. The number of carbonyl (C=O) groups is 1. The molecule has 4 rings (SSSR count). The molecular formula is C20H21ClN2O. The molecule has 1 saturated carbocycles. The molecule has 24 heavy (non-hydrogen) atoms. The van der Waals surface area contributed by atoms with Gasteiger partial charge in [-0.25, -0.2) is 0 Å². The number of anilines is 2. The number of rotatable bonds is 4. The number of halogens is 1. The largest absolute Gasteiger partial charge is 0.372 e. The predicted octanol–water partition coefficient (Wildman–Crippen LogP) is 4.61. The van der Waals surface area contributed by atoms with Crippen molar-refractivity contribution in [3.05, 3.63) is 59.1 Å². The average Bonchev–Trinajstić information content (AvgIpc) is 3.23. The summed E-state index contributed by atoms with van der Waals surface area (Å²) < 4.78 is 0. The van der Waals surface area contributed by atoms with Crippen LogP contribution in [0.5, 0.6) is 0 Å². The Morgan fingerprint density at radius 3 is 2.17 bits per heavy atom. The first-order valence-corrected chi connectivity index (χ1v) is 8.98. The van der Waals surface area contributed by atoms with Gasteiger partial charge >= 0.3 is 0 Å². The van der Waals surface area contributed by atoms with Crippen LogP contribution in [0.3, 0.4) is 0 Å². The topological polar surface area (TPSA) is 32.3 Å². The fourth-order valence-corrected chi connectivity index (χ4v) is 3.65. The second-order valence-corrected chi connectivity index (χ2v) is 7.22. The van der Waals surface area contributed by atoms with E-state index in [4.69, 9.17) is 11.6 Å². The molecule has 1 saturated heterocycles. The molecule has 0 aromatic heterocycles. The van der Waals surface area contributed by atoms with E-state index in [1.165, 1.54) is 18.5 Å². The van der Waals surface area contributed by atoms with Crippen LogP contribution in [-0.4, -0.2) is 19.0 Å². The maximum Gasteiger partial charge on any atom is 0.235 e. The summed E-state index contributed by atoms with van der Waals surface area (Å²) in [6.45, 7) is 2.26. The summed E-state index contributed by atoms with van der Waals surface area (Å²) in [5, 5.41) is 3.79. The third-order valence-electron chi connectivity index (χ3n) is 5.18. The van der Waals surface area contributed by atoms with Crippen LogP contribution in [0.25, 0.3) is 0 Å². The van der Waals surface area contributed by atoms with Gasteiger partial charge in [-0.1, -0.05) is 23.7 Å². The molecule has 124 valence electrons. The van der Waals surface area contributed by atoms with Crippen LogP contribution >= 0.6 is 11.6 Å². The number of carbonyl (C=O) groups excluding carboxylic acids is 1. The highest BCUT2D eigenvalue weighted by Gasteiger charge is 2.51. The van der Waals surface area contributed by atoms with Crippen molar-refractivity contribution in [1.82, 2.24) is 0 Å². The lowest BCUT2D eigenvalue weighted by molar-refractivity contribution is -0.118. The summed E-state index contributed by atoms with van der Waals surface area (Å²) in [6, 6.07) is 15.8. The van der Waals surface area contributed by atoms with E-state index in [2.05, 4.69) is 22.3 Å². The van der Waals surface area contributed by atoms with Crippen LogP contribution in [0.4, 0.5) is 11.4 Å². The molecule has 2 aromatic carbocycles. The first kappa shape index (κ1) is 15.5. The van der Waals surface area contributed by atoms with Gasteiger partial charge in [0, 0.05) is 29.5 Å². The van der Waals surface area contributed by atoms with Crippen LogP contribution in [0.1, 0.15) is 31.2 Å².